The number of nitrogens with zero attached hydrogens (tertiary/aromatic N) is 2. The molecule has 0 bridgehead atoms. The highest BCUT2D eigenvalue weighted by molar-refractivity contribution is 5.87. The third-order valence-corrected chi connectivity index (χ3v) is 6.68. The fourth-order valence-corrected chi connectivity index (χ4v) is 4.75. The Balaban J connectivity index is 1.38. The number of pyridine rings is 1. The van der Waals surface area contributed by atoms with Gasteiger partial charge in [0.05, 0.1) is 12.0 Å². The number of amides is 1. The first-order valence-electron chi connectivity index (χ1n) is 12.9. The maximum atomic E-state index is 14.2. The Morgan fingerprint density at radius 1 is 0.865 bits per heavy atom. The van der Waals surface area contributed by atoms with Gasteiger partial charge in [-0.25, -0.2) is 0 Å². The van der Waals surface area contributed by atoms with E-state index in [1.165, 1.54) is 0 Å². The van der Waals surface area contributed by atoms with Gasteiger partial charge >= 0.3 is 0 Å². The summed E-state index contributed by atoms with van der Waals surface area (Å²) in [5.74, 6) is 0.476. The smallest absolute Gasteiger partial charge is 0.235 e. The van der Waals surface area contributed by atoms with Crippen LogP contribution in [-0.4, -0.2) is 35.1 Å². The zero-order valence-electron chi connectivity index (χ0n) is 20.9. The summed E-state index contributed by atoms with van der Waals surface area (Å²) in [6.07, 6.45) is 5.90. The lowest BCUT2D eigenvalue weighted by Gasteiger charge is -2.28. The van der Waals surface area contributed by atoms with Gasteiger partial charge in [0.15, 0.2) is 0 Å². The van der Waals surface area contributed by atoms with Crippen LogP contribution in [0.3, 0.4) is 0 Å². The van der Waals surface area contributed by atoms with Crippen LogP contribution in [-0.2, 0) is 22.6 Å². The van der Waals surface area contributed by atoms with Crippen LogP contribution < -0.4 is 4.74 Å². The van der Waals surface area contributed by atoms with Crippen molar-refractivity contribution in [2.45, 2.75) is 38.0 Å². The second kappa shape index (κ2) is 12.3. The van der Waals surface area contributed by atoms with Gasteiger partial charge in [0.25, 0.3) is 0 Å². The first-order chi connectivity index (χ1) is 18.3. The van der Waals surface area contributed by atoms with E-state index in [2.05, 4.69) is 4.98 Å². The van der Waals surface area contributed by atoms with Crippen molar-refractivity contribution >= 4 is 5.91 Å². The van der Waals surface area contributed by atoms with Gasteiger partial charge in [0.1, 0.15) is 12.4 Å². The normalized spacial score (nSPS) is 15.0. The Morgan fingerprint density at radius 2 is 1.54 bits per heavy atom. The topological polar surface area (TPSA) is 51.7 Å². The van der Waals surface area contributed by atoms with E-state index in [-0.39, 0.29) is 12.0 Å². The van der Waals surface area contributed by atoms with Crippen LogP contribution >= 0.6 is 0 Å². The van der Waals surface area contributed by atoms with Crippen molar-refractivity contribution in [2.24, 2.45) is 0 Å². The van der Waals surface area contributed by atoms with Crippen LogP contribution in [0.15, 0.2) is 109 Å². The average molecular weight is 493 g/mol. The Bertz CT molecular complexity index is 1200. The molecule has 1 aliphatic heterocycles. The van der Waals surface area contributed by atoms with Crippen molar-refractivity contribution in [2.75, 3.05) is 13.2 Å². The molecule has 1 atom stereocenters. The molecule has 1 saturated heterocycles. The summed E-state index contributed by atoms with van der Waals surface area (Å²) in [4.78, 5) is 20.4. The molecule has 2 heterocycles. The Labute approximate surface area is 218 Å². The summed E-state index contributed by atoms with van der Waals surface area (Å²) in [7, 11) is 0. The summed E-state index contributed by atoms with van der Waals surface area (Å²) in [6, 6.07) is 31.9. The van der Waals surface area contributed by atoms with E-state index in [4.69, 9.17) is 9.47 Å². The van der Waals surface area contributed by atoms with Crippen molar-refractivity contribution in [1.29, 1.82) is 0 Å². The Morgan fingerprint density at radius 3 is 2.14 bits per heavy atom. The van der Waals surface area contributed by atoms with Gasteiger partial charge in [0, 0.05) is 32.1 Å². The first kappa shape index (κ1) is 24.7. The van der Waals surface area contributed by atoms with Crippen molar-refractivity contribution in [3.8, 4) is 5.75 Å². The maximum absolute atomic E-state index is 14.2. The molecule has 1 unspecified atom stereocenters. The molecule has 1 aliphatic rings. The molecular formula is C32H32N2O3. The number of hydrogen-bond donors (Lipinski definition) is 0. The third-order valence-electron chi connectivity index (χ3n) is 6.68. The minimum atomic E-state index is -0.395. The molecule has 37 heavy (non-hydrogen) atoms. The van der Waals surface area contributed by atoms with Crippen molar-refractivity contribution in [1.82, 2.24) is 9.88 Å². The van der Waals surface area contributed by atoms with Crippen molar-refractivity contribution in [3.63, 3.8) is 0 Å². The lowest BCUT2D eigenvalue weighted by Crippen LogP contribution is -2.35. The number of hydrogen-bond acceptors (Lipinski definition) is 4. The van der Waals surface area contributed by atoms with Crippen LogP contribution in [0.25, 0.3) is 0 Å². The largest absolute Gasteiger partial charge is 0.491 e. The second-order valence-corrected chi connectivity index (χ2v) is 9.40. The van der Waals surface area contributed by atoms with E-state index in [9.17, 15) is 4.79 Å². The highest BCUT2D eigenvalue weighted by Crippen LogP contribution is 2.29. The summed E-state index contributed by atoms with van der Waals surface area (Å²) in [5, 5.41) is 0. The minimum Gasteiger partial charge on any atom is -0.491 e. The molecule has 4 aromatic rings. The van der Waals surface area contributed by atoms with Gasteiger partial charge in [0.2, 0.25) is 5.91 Å². The standard InChI is InChI=1S/C32H32N2O3/c35-32(31(27-10-3-1-4-11-27)28-12-5-2-6-13-28)34(23-26-9-7-19-33-21-26)22-25-15-17-29(18-16-25)37-24-30-14-8-20-36-30/h1-7,9-13,15-19,21,30-31H,8,14,20,22-24H2. The van der Waals surface area contributed by atoms with Crippen LogP contribution in [0.2, 0.25) is 0 Å². The number of rotatable bonds is 10. The van der Waals surface area contributed by atoms with Gasteiger partial charge < -0.3 is 14.4 Å². The summed E-state index contributed by atoms with van der Waals surface area (Å²) < 4.78 is 11.6. The van der Waals surface area contributed by atoms with Crippen LogP contribution in [0.4, 0.5) is 0 Å². The lowest BCUT2D eigenvalue weighted by molar-refractivity contribution is -0.133. The lowest BCUT2D eigenvalue weighted by atomic mass is 9.89. The average Bonchev–Trinajstić information content (AvgIpc) is 3.48. The molecule has 1 amide bonds. The minimum absolute atomic E-state index is 0.0555. The van der Waals surface area contributed by atoms with Gasteiger partial charge in [-0.1, -0.05) is 78.9 Å². The molecule has 3 aromatic carbocycles. The number of aromatic nitrogens is 1. The SMILES string of the molecule is O=C(C(c1ccccc1)c1ccccc1)N(Cc1ccc(OCC2CCCO2)cc1)Cc1cccnc1. The van der Waals surface area contributed by atoms with Gasteiger partial charge in [-0.15, -0.1) is 0 Å². The molecular weight excluding hydrogens is 460 g/mol. The molecule has 5 heteroatoms. The molecule has 1 fully saturated rings. The summed E-state index contributed by atoms with van der Waals surface area (Å²) >= 11 is 0. The zero-order chi connectivity index (χ0) is 25.3. The molecule has 5 nitrogen and oxygen atoms in total. The number of carbonyl (C=O) groups is 1. The van der Waals surface area contributed by atoms with E-state index in [1.807, 2.05) is 108 Å². The van der Waals surface area contributed by atoms with Crippen LogP contribution in [0.1, 0.15) is 41.0 Å². The van der Waals surface area contributed by atoms with Crippen LogP contribution in [0.5, 0.6) is 5.75 Å². The zero-order valence-corrected chi connectivity index (χ0v) is 20.9. The fourth-order valence-electron chi connectivity index (χ4n) is 4.75. The third kappa shape index (κ3) is 6.63. The van der Waals surface area contributed by atoms with E-state index < -0.39 is 5.92 Å². The molecule has 0 saturated carbocycles. The molecule has 0 N–H and O–H groups in total. The monoisotopic (exact) mass is 492 g/mol. The van der Waals surface area contributed by atoms with Gasteiger partial charge in [-0.05, 0) is 53.3 Å². The Kier molecular flexibility index (Phi) is 8.24. The molecule has 188 valence electrons. The molecule has 0 radical (unpaired) electrons. The molecule has 1 aromatic heterocycles. The highest BCUT2D eigenvalue weighted by atomic mass is 16.5. The van der Waals surface area contributed by atoms with Gasteiger partial charge in [-0.3, -0.25) is 9.78 Å². The maximum Gasteiger partial charge on any atom is 0.235 e. The fraction of sp³-hybridized carbons (Fsp3) is 0.250. The van der Waals surface area contributed by atoms with Gasteiger partial charge in [-0.2, -0.15) is 0 Å². The number of ether oxygens (including phenoxy) is 2. The first-order valence-corrected chi connectivity index (χ1v) is 12.9. The number of benzene rings is 3. The van der Waals surface area contributed by atoms with Crippen LogP contribution in [0, 0.1) is 0 Å². The van der Waals surface area contributed by atoms with E-state index >= 15 is 0 Å². The molecule has 5 rings (SSSR count). The quantitative estimate of drug-likeness (QED) is 0.272. The highest BCUT2D eigenvalue weighted by Gasteiger charge is 2.28. The van der Waals surface area contributed by atoms with E-state index in [0.29, 0.717) is 19.7 Å². The second-order valence-electron chi connectivity index (χ2n) is 9.40. The predicted octanol–water partition coefficient (Wildman–Crippen LogP) is 6.00. The van der Waals surface area contributed by atoms with E-state index in [1.54, 1.807) is 6.20 Å². The van der Waals surface area contributed by atoms with Crippen molar-refractivity contribution in [3.05, 3.63) is 132 Å². The molecule has 0 aliphatic carbocycles. The predicted molar refractivity (Wildman–Crippen MR) is 144 cm³/mol. The molecule has 0 spiro atoms. The summed E-state index contributed by atoms with van der Waals surface area (Å²) in [6.45, 7) is 2.34. The van der Waals surface area contributed by atoms with Crippen molar-refractivity contribution < 1.29 is 14.3 Å². The summed E-state index contributed by atoms with van der Waals surface area (Å²) in [5.41, 5.74) is 3.99. The number of carbonyl (C=O) groups excluding carboxylic acids is 1. The van der Waals surface area contributed by atoms with E-state index in [0.717, 1.165) is 47.5 Å². The Hall–Kier alpha value is -3.96.